The number of aromatic amines is 1. The van der Waals surface area contributed by atoms with E-state index < -0.39 is 0 Å². The SMILES string of the molecule is CCCCC(=O)Nc1cc2c(=O)c3ccccc3[nH]c2c2c1C(=O)c1ccccc1C2=O. The predicted molar refractivity (Wildman–Crippen MR) is 124 cm³/mol. The second-order valence-corrected chi connectivity index (χ2v) is 7.95. The van der Waals surface area contributed by atoms with Crippen LogP contribution >= 0.6 is 0 Å². The highest BCUT2D eigenvalue weighted by Crippen LogP contribution is 2.36. The van der Waals surface area contributed by atoms with E-state index in [0.29, 0.717) is 22.8 Å². The van der Waals surface area contributed by atoms with Crippen LogP contribution in [0.1, 0.15) is 58.0 Å². The van der Waals surface area contributed by atoms with E-state index in [-0.39, 0.29) is 62.7 Å². The molecule has 0 saturated heterocycles. The van der Waals surface area contributed by atoms with E-state index in [1.165, 1.54) is 6.07 Å². The molecule has 1 aliphatic carbocycles. The second-order valence-electron chi connectivity index (χ2n) is 7.95. The number of carbonyl (C=O) groups is 3. The lowest BCUT2D eigenvalue weighted by atomic mass is 9.81. The minimum Gasteiger partial charge on any atom is -0.354 e. The molecule has 1 heterocycles. The lowest BCUT2D eigenvalue weighted by molar-refractivity contribution is -0.116. The Bertz CT molecular complexity index is 1510. The van der Waals surface area contributed by atoms with Gasteiger partial charge in [-0.15, -0.1) is 0 Å². The molecule has 1 amide bonds. The lowest BCUT2D eigenvalue weighted by Gasteiger charge is -2.22. The molecule has 2 N–H and O–H groups in total. The Morgan fingerprint density at radius 2 is 1.53 bits per heavy atom. The summed E-state index contributed by atoms with van der Waals surface area (Å²) in [4.78, 5) is 56.0. The van der Waals surface area contributed by atoms with Crippen molar-refractivity contribution in [1.29, 1.82) is 0 Å². The van der Waals surface area contributed by atoms with Crippen molar-refractivity contribution in [2.45, 2.75) is 26.2 Å². The van der Waals surface area contributed by atoms with Crippen molar-refractivity contribution in [2.24, 2.45) is 0 Å². The number of fused-ring (bicyclic) bond motifs is 5. The minimum absolute atomic E-state index is 0.122. The zero-order chi connectivity index (χ0) is 22.4. The summed E-state index contributed by atoms with van der Waals surface area (Å²) in [5, 5.41) is 3.52. The summed E-state index contributed by atoms with van der Waals surface area (Å²) in [5.41, 5.74) is 1.64. The van der Waals surface area contributed by atoms with Crippen molar-refractivity contribution in [3.05, 3.63) is 87.1 Å². The number of rotatable bonds is 4. The van der Waals surface area contributed by atoms with Crippen molar-refractivity contribution in [1.82, 2.24) is 4.98 Å². The van der Waals surface area contributed by atoms with Gasteiger partial charge in [-0.25, -0.2) is 0 Å². The first-order valence-corrected chi connectivity index (χ1v) is 10.6. The highest BCUT2D eigenvalue weighted by atomic mass is 16.2. The van der Waals surface area contributed by atoms with Gasteiger partial charge in [-0.1, -0.05) is 49.7 Å². The topological polar surface area (TPSA) is 96.1 Å². The molecule has 0 spiro atoms. The number of pyridine rings is 1. The summed E-state index contributed by atoms with van der Waals surface area (Å²) in [6, 6.07) is 15.1. The van der Waals surface area contributed by atoms with Gasteiger partial charge in [0.2, 0.25) is 5.91 Å². The number of nitrogens with one attached hydrogen (secondary N) is 2. The molecule has 0 unspecified atom stereocenters. The first kappa shape index (κ1) is 19.9. The number of ketones is 2. The lowest BCUT2D eigenvalue weighted by Crippen LogP contribution is -2.25. The molecule has 0 saturated carbocycles. The van der Waals surface area contributed by atoms with Crippen LogP contribution < -0.4 is 10.7 Å². The summed E-state index contributed by atoms with van der Waals surface area (Å²) in [5.74, 6) is -0.961. The van der Waals surface area contributed by atoms with Crippen molar-refractivity contribution in [3.63, 3.8) is 0 Å². The molecule has 0 radical (unpaired) electrons. The van der Waals surface area contributed by atoms with Gasteiger partial charge in [0.1, 0.15) is 0 Å². The maximum absolute atomic E-state index is 13.5. The first-order chi connectivity index (χ1) is 15.5. The van der Waals surface area contributed by atoms with E-state index in [1.54, 1.807) is 48.5 Å². The number of para-hydroxylation sites is 1. The fourth-order valence-electron chi connectivity index (χ4n) is 4.32. The van der Waals surface area contributed by atoms with Crippen LogP contribution in [0.4, 0.5) is 5.69 Å². The van der Waals surface area contributed by atoms with E-state index in [9.17, 15) is 19.2 Å². The molecule has 32 heavy (non-hydrogen) atoms. The molecule has 158 valence electrons. The van der Waals surface area contributed by atoms with Gasteiger partial charge >= 0.3 is 0 Å². The number of anilines is 1. The largest absolute Gasteiger partial charge is 0.354 e. The van der Waals surface area contributed by atoms with Crippen LogP contribution in [0.3, 0.4) is 0 Å². The van der Waals surface area contributed by atoms with Gasteiger partial charge in [0.15, 0.2) is 17.0 Å². The Balaban J connectivity index is 1.86. The van der Waals surface area contributed by atoms with Gasteiger partial charge in [0.25, 0.3) is 0 Å². The number of unbranched alkanes of at least 4 members (excludes halogenated alkanes) is 1. The first-order valence-electron chi connectivity index (χ1n) is 10.6. The fourth-order valence-corrected chi connectivity index (χ4v) is 4.32. The molecule has 0 fully saturated rings. The molecular weight excluding hydrogens is 404 g/mol. The summed E-state index contributed by atoms with van der Waals surface area (Å²) in [6.45, 7) is 1.98. The van der Waals surface area contributed by atoms with E-state index in [1.807, 2.05) is 6.92 Å². The van der Waals surface area contributed by atoms with Gasteiger partial charge in [0.05, 0.1) is 22.3 Å². The molecule has 4 aromatic rings. The Kier molecular flexibility index (Phi) is 4.70. The van der Waals surface area contributed by atoms with E-state index in [2.05, 4.69) is 10.3 Å². The normalized spacial score (nSPS) is 12.7. The van der Waals surface area contributed by atoms with Gasteiger partial charge in [0, 0.05) is 33.8 Å². The highest BCUT2D eigenvalue weighted by molar-refractivity contribution is 6.34. The van der Waals surface area contributed by atoms with Crippen LogP contribution in [0.25, 0.3) is 21.8 Å². The predicted octanol–water partition coefficient (Wildman–Crippen LogP) is 4.59. The minimum atomic E-state index is -0.351. The maximum Gasteiger partial charge on any atom is 0.224 e. The van der Waals surface area contributed by atoms with Gasteiger partial charge in [-0.3, -0.25) is 19.2 Å². The van der Waals surface area contributed by atoms with Gasteiger partial charge in [-0.05, 0) is 24.6 Å². The van der Waals surface area contributed by atoms with Crippen LogP contribution in [-0.2, 0) is 4.79 Å². The molecule has 3 aromatic carbocycles. The van der Waals surface area contributed by atoms with E-state index in [4.69, 9.17) is 0 Å². The standard InChI is InChI=1S/C26H20N2O4/c1-2-3-12-20(29)27-19-13-17-23(28-18-11-7-6-10-16(18)24(17)30)22-21(19)25(31)14-8-4-5-9-15(14)26(22)32/h4-11,13H,2-3,12H2,1H3,(H,27,29)(H,28,30). The molecule has 6 heteroatoms. The van der Waals surface area contributed by atoms with Crippen LogP contribution in [0.15, 0.2) is 59.4 Å². The van der Waals surface area contributed by atoms with Crippen molar-refractivity contribution in [3.8, 4) is 0 Å². The smallest absolute Gasteiger partial charge is 0.224 e. The Labute approximate surface area is 183 Å². The van der Waals surface area contributed by atoms with Crippen molar-refractivity contribution < 1.29 is 14.4 Å². The third kappa shape index (κ3) is 2.95. The van der Waals surface area contributed by atoms with E-state index in [0.717, 1.165) is 6.42 Å². The number of benzene rings is 3. The molecular formula is C26H20N2O4. The quantitative estimate of drug-likeness (QED) is 0.413. The van der Waals surface area contributed by atoms with Crippen molar-refractivity contribution >= 4 is 45.0 Å². The van der Waals surface area contributed by atoms with Gasteiger partial charge in [-0.2, -0.15) is 0 Å². The number of carbonyl (C=O) groups excluding carboxylic acids is 3. The zero-order valence-corrected chi connectivity index (χ0v) is 17.5. The summed E-state index contributed by atoms with van der Waals surface area (Å²) in [6.07, 6.45) is 1.83. The molecule has 0 bridgehead atoms. The number of hydrogen-bond donors (Lipinski definition) is 2. The van der Waals surface area contributed by atoms with Gasteiger partial charge < -0.3 is 10.3 Å². The van der Waals surface area contributed by atoms with E-state index >= 15 is 0 Å². The number of hydrogen-bond acceptors (Lipinski definition) is 4. The van der Waals surface area contributed by atoms with Crippen LogP contribution in [-0.4, -0.2) is 22.5 Å². The fraction of sp³-hybridized carbons (Fsp3) is 0.154. The molecule has 5 rings (SSSR count). The van der Waals surface area contributed by atoms with Crippen LogP contribution in [0, 0.1) is 0 Å². The monoisotopic (exact) mass is 424 g/mol. The Morgan fingerprint density at radius 3 is 2.25 bits per heavy atom. The number of amides is 1. The third-order valence-corrected chi connectivity index (χ3v) is 5.91. The molecule has 6 nitrogen and oxygen atoms in total. The average Bonchev–Trinajstić information content (AvgIpc) is 2.81. The summed E-state index contributed by atoms with van der Waals surface area (Å²) < 4.78 is 0. The molecule has 1 aliphatic rings. The maximum atomic E-state index is 13.5. The average molecular weight is 424 g/mol. The molecule has 0 aliphatic heterocycles. The Morgan fingerprint density at radius 1 is 0.875 bits per heavy atom. The van der Waals surface area contributed by atoms with Crippen LogP contribution in [0.2, 0.25) is 0 Å². The number of H-pyrrole nitrogens is 1. The zero-order valence-electron chi connectivity index (χ0n) is 17.5. The molecule has 0 atom stereocenters. The summed E-state index contributed by atoms with van der Waals surface area (Å²) >= 11 is 0. The highest BCUT2D eigenvalue weighted by Gasteiger charge is 2.34. The number of aromatic nitrogens is 1. The Hall–Kier alpha value is -4.06. The second kappa shape index (κ2) is 7.57. The molecule has 1 aromatic heterocycles. The third-order valence-electron chi connectivity index (χ3n) is 5.91. The summed E-state index contributed by atoms with van der Waals surface area (Å²) in [7, 11) is 0. The van der Waals surface area contributed by atoms with Crippen LogP contribution in [0.5, 0.6) is 0 Å². The van der Waals surface area contributed by atoms with Crippen molar-refractivity contribution in [2.75, 3.05) is 5.32 Å².